The van der Waals surface area contributed by atoms with Crippen LogP contribution >= 0.6 is 45.2 Å². The van der Waals surface area contributed by atoms with Gasteiger partial charge in [-0.05, 0) is 116 Å². The number of nitrogens with one attached hydrogen (secondary N) is 1. The number of aromatic carboxylic acids is 1. The normalized spacial score (nSPS) is 10.2. The molecule has 1 amide bonds. The number of ether oxygens (including phenoxy) is 4. The Kier molecular flexibility index (Phi) is 20.0. The maximum atomic E-state index is 13.5. The van der Waals surface area contributed by atoms with E-state index in [2.05, 4.69) is 11.9 Å². The minimum atomic E-state index is -1.33. The average molecular weight is 1120 g/mol. The fourth-order valence-corrected chi connectivity index (χ4v) is 7.88. The molecular formula is C47H51I2N5O11. The lowest BCUT2D eigenvalue weighted by Gasteiger charge is -2.17. The lowest BCUT2D eigenvalue weighted by Crippen LogP contribution is -2.46. The highest BCUT2D eigenvalue weighted by Gasteiger charge is 2.24. The highest BCUT2D eigenvalue weighted by atomic mass is 127. The van der Waals surface area contributed by atoms with Crippen molar-refractivity contribution >= 4 is 57.1 Å². The molecule has 0 aliphatic rings. The number of carbonyl (C=O) groups excluding carboxylic acids is 1. The molecule has 18 heteroatoms. The van der Waals surface area contributed by atoms with Crippen LogP contribution in [0, 0.1) is 7.14 Å². The van der Waals surface area contributed by atoms with Gasteiger partial charge in [0.1, 0.15) is 35.8 Å². The van der Waals surface area contributed by atoms with Crippen molar-refractivity contribution in [1.82, 2.24) is 23.6 Å². The zero-order chi connectivity index (χ0) is 45.8. The monoisotopic (exact) mass is 1120 g/mol. The van der Waals surface area contributed by atoms with Crippen LogP contribution in [0.2, 0.25) is 0 Å². The first kappa shape index (κ1) is 52.9. The molecule has 6 aromatic rings. The molecule has 344 valence electrons. The van der Waals surface area contributed by atoms with E-state index in [0.29, 0.717) is 34.1 Å². The quantitative estimate of drug-likeness (QED) is 0.0812. The van der Waals surface area contributed by atoms with Crippen LogP contribution in [0.3, 0.4) is 0 Å². The standard InChI is InChI=1S/C24H24IN3O5.C21H19IN2O6.2CH4/c1-4-13-26-22(29)21-20(25)23(30)28(15-17-7-11-19(33-3)12-8-17)24(31)27(21)14-16-5-9-18(32-2)10-6-16;1-29-15-7-3-13(4-8-15)11-23-18(20(26)27)17(22)19(25)24(21(23)28)12-14-5-9-16(30-2)10-6-14;;/h4-12H,1,13-15H2,2-3H3,(H,26,29);3-10H,11-12H2,1-2H3,(H,26,27);2*1H4. The van der Waals surface area contributed by atoms with Crippen molar-refractivity contribution in [3.8, 4) is 23.0 Å². The molecule has 2 aromatic heterocycles. The second-order valence-electron chi connectivity index (χ2n) is 13.5. The van der Waals surface area contributed by atoms with Gasteiger partial charge in [0, 0.05) is 6.54 Å². The summed E-state index contributed by atoms with van der Waals surface area (Å²) in [7, 11) is 6.22. The van der Waals surface area contributed by atoms with Crippen molar-refractivity contribution in [2.45, 2.75) is 41.0 Å². The number of nitrogens with zero attached hydrogens (tertiary/aromatic N) is 4. The minimum Gasteiger partial charge on any atom is -0.497 e. The largest absolute Gasteiger partial charge is 0.497 e. The van der Waals surface area contributed by atoms with Crippen molar-refractivity contribution in [3.63, 3.8) is 0 Å². The lowest BCUT2D eigenvalue weighted by molar-refractivity contribution is 0.0680. The van der Waals surface area contributed by atoms with Crippen LogP contribution in [0.4, 0.5) is 0 Å². The molecule has 0 spiro atoms. The van der Waals surface area contributed by atoms with Gasteiger partial charge >= 0.3 is 17.3 Å². The summed E-state index contributed by atoms with van der Waals surface area (Å²) in [5.41, 5.74) is 0.218. The van der Waals surface area contributed by atoms with Crippen LogP contribution in [0.5, 0.6) is 23.0 Å². The molecule has 4 aromatic carbocycles. The molecule has 0 radical (unpaired) electrons. The molecule has 2 N–H and O–H groups in total. The van der Waals surface area contributed by atoms with E-state index in [1.54, 1.807) is 136 Å². The van der Waals surface area contributed by atoms with Gasteiger partial charge in [-0.25, -0.2) is 14.4 Å². The predicted molar refractivity (Wildman–Crippen MR) is 267 cm³/mol. The van der Waals surface area contributed by atoms with Gasteiger partial charge in [-0.3, -0.25) is 32.7 Å². The summed E-state index contributed by atoms with van der Waals surface area (Å²) in [6.45, 7) is 3.99. The van der Waals surface area contributed by atoms with E-state index in [1.165, 1.54) is 10.6 Å². The molecule has 0 fully saturated rings. The van der Waals surface area contributed by atoms with Crippen LogP contribution in [-0.4, -0.2) is 70.2 Å². The number of carbonyl (C=O) groups is 2. The summed E-state index contributed by atoms with van der Waals surface area (Å²) in [5.74, 6) is 0.792. The van der Waals surface area contributed by atoms with Crippen LogP contribution in [0.25, 0.3) is 0 Å². The number of rotatable bonds is 16. The summed E-state index contributed by atoms with van der Waals surface area (Å²) in [4.78, 5) is 77.2. The number of amides is 1. The summed E-state index contributed by atoms with van der Waals surface area (Å²) in [6, 6.07) is 28.1. The van der Waals surface area contributed by atoms with E-state index in [0.717, 1.165) is 24.8 Å². The Bertz CT molecular complexity index is 2830. The number of hydrogen-bond acceptors (Lipinski definition) is 10. The first-order valence-electron chi connectivity index (χ1n) is 18.9. The third-order valence-corrected chi connectivity index (χ3v) is 11.5. The van der Waals surface area contributed by atoms with Crippen molar-refractivity contribution in [2.75, 3.05) is 35.0 Å². The SMILES string of the molecule is C.C.C=CCNC(=O)c1c(I)c(=O)n(Cc2ccc(OC)cc2)c(=O)n1Cc1ccc(OC)cc1.COc1ccc(Cn2c(C(=O)O)c(I)c(=O)n(Cc3ccc(OC)cc3)c2=O)cc1. The first-order chi connectivity index (χ1) is 30.2. The minimum absolute atomic E-state index is 0. The second kappa shape index (κ2) is 24.6. The lowest BCUT2D eigenvalue weighted by atomic mass is 10.2. The van der Waals surface area contributed by atoms with Gasteiger partial charge in [-0.15, -0.1) is 6.58 Å². The smallest absolute Gasteiger partial charge is 0.354 e. The number of hydrogen-bond donors (Lipinski definition) is 2. The van der Waals surface area contributed by atoms with E-state index < -0.39 is 34.4 Å². The average Bonchev–Trinajstić information content (AvgIpc) is 3.30. The topological polar surface area (TPSA) is 191 Å². The molecule has 16 nitrogen and oxygen atoms in total. The molecule has 0 bridgehead atoms. The number of aromatic nitrogens is 4. The second-order valence-corrected chi connectivity index (χ2v) is 15.7. The van der Waals surface area contributed by atoms with Crippen molar-refractivity contribution in [3.05, 3.63) is 192 Å². The van der Waals surface area contributed by atoms with Gasteiger partial charge in [-0.2, -0.15) is 0 Å². The third-order valence-electron chi connectivity index (χ3n) is 9.57. The molecule has 0 aliphatic heterocycles. The fraction of sp³-hybridized carbons (Fsp3) is 0.234. The van der Waals surface area contributed by atoms with E-state index >= 15 is 0 Å². The number of carboxylic acids is 1. The maximum Gasteiger partial charge on any atom is 0.354 e. The molecule has 0 atom stereocenters. The van der Waals surface area contributed by atoms with Crippen molar-refractivity contribution < 1.29 is 33.6 Å². The van der Waals surface area contributed by atoms with Gasteiger partial charge in [0.2, 0.25) is 0 Å². The molecule has 0 saturated heterocycles. The molecule has 6 rings (SSSR count). The summed E-state index contributed by atoms with van der Waals surface area (Å²) in [6.07, 6.45) is 1.53. The van der Waals surface area contributed by atoms with Gasteiger partial charge in [0.25, 0.3) is 17.0 Å². The van der Waals surface area contributed by atoms with E-state index in [9.17, 15) is 33.9 Å². The zero-order valence-electron chi connectivity index (χ0n) is 34.6. The Morgan fingerprint density at radius 2 is 0.815 bits per heavy atom. The van der Waals surface area contributed by atoms with Gasteiger partial charge in [0.15, 0.2) is 5.69 Å². The Morgan fingerprint density at radius 3 is 1.09 bits per heavy atom. The summed E-state index contributed by atoms with van der Waals surface area (Å²) >= 11 is 3.51. The number of carboxylic acid groups (broad SMARTS) is 1. The highest BCUT2D eigenvalue weighted by molar-refractivity contribution is 14.1. The van der Waals surface area contributed by atoms with Crippen LogP contribution in [0.1, 0.15) is 58.1 Å². The van der Waals surface area contributed by atoms with Crippen molar-refractivity contribution in [2.24, 2.45) is 0 Å². The summed E-state index contributed by atoms with van der Waals surface area (Å²) in [5, 5.41) is 12.3. The van der Waals surface area contributed by atoms with Crippen LogP contribution < -0.4 is 46.8 Å². The van der Waals surface area contributed by atoms with Crippen molar-refractivity contribution in [1.29, 1.82) is 0 Å². The molecule has 65 heavy (non-hydrogen) atoms. The van der Waals surface area contributed by atoms with Gasteiger partial charge in [-0.1, -0.05) is 69.5 Å². The Balaban J connectivity index is 0.000000336. The molecule has 0 unspecified atom stereocenters. The number of halogens is 2. The Morgan fingerprint density at radius 1 is 0.538 bits per heavy atom. The van der Waals surface area contributed by atoms with E-state index in [1.807, 2.05) is 34.7 Å². The Hall–Kier alpha value is -6.42. The molecule has 0 saturated carbocycles. The Labute approximate surface area is 403 Å². The molecule has 0 aliphatic carbocycles. The predicted octanol–water partition coefficient (Wildman–Crippen LogP) is 6.34. The summed E-state index contributed by atoms with van der Waals surface area (Å²) < 4.78 is 25.3. The third kappa shape index (κ3) is 12.9. The van der Waals surface area contributed by atoms with Crippen LogP contribution in [0.15, 0.2) is 129 Å². The highest BCUT2D eigenvalue weighted by Crippen LogP contribution is 2.18. The van der Waals surface area contributed by atoms with Gasteiger partial charge in [0.05, 0.1) is 54.6 Å². The van der Waals surface area contributed by atoms with E-state index in [4.69, 9.17) is 18.9 Å². The maximum absolute atomic E-state index is 13.5. The first-order valence-corrected chi connectivity index (χ1v) is 21.1. The van der Waals surface area contributed by atoms with Crippen LogP contribution in [-0.2, 0) is 26.2 Å². The van der Waals surface area contributed by atoms with E-state index in [-0.39, 0.29) is 66.1 Å². The fourth-order valence-electron chi connectivity index (χ4n) is 6.24. The molecular weight excluding hydrogens is 1060 g/mol. The van der Waals surface area contributed by atoms with Gasteiger partial charge < -0.3 is 29.4 Å². The number of methoxy groups -OCH3 is 4. The molecule has 2 heterocycles. The zero-order valence-corrected chi connectivity index (χ0v) is 38.9. The number of benzene rings is 4.